The first kappa shape index (κ1) is 19.7. The molecular weight excluding hydrogens is 438 g/mol. The number of benzene rings is 2. The molecule has 1 unspecified atom stereocenters. The van der Waals surface area contributed by atoms with E-state index in [4.69, 9.17) is 16.0 Å². The number of anilines is 1. The van der Waals surface area contributed by atoms with Crippen molar-refractivity contribution >= 4 is 44.9 Å². The standard InChI is InChI=1S/C22H16ClN3O4S/c1-3-16-24-25-22(31-16)26-18(11-5-4-6-12(27)8-11)17-19(28)13-9-14(23)10(2)7-15(13)30-20(17)21(26)29/h4-9,18,27H,3H2,1-2H3. The molecule has 5 rings (SSSR count). The van der Waals surface area contributed by atoms with Crippen LogP contribution in [-0.2, 0) is 6.42 Å². The summed E-state index contributed by atoms with van der Waals surface area (Å²) in [6.45, 7) is 3.74. The summed E-state index contributed by atoms with van der Waals surface area (Å²) in [4.78, 5) is 28.4. The van der Waals surface area contributed by atoms with Crippen LogP contribution in [0.15, 0.2) is 45.6 Å². The molecule has 0 aliphatic carbocycles. The van der Waals surface area contributed by atoms with E-state index in [9.17, 15) is 14.7 Å². The molecule has 0 saturated carbocycles. The van der Waals surface area contributed by atoms with Crippen molar-refractivity contribution in [3.8, 4) is 5.75 Å². The maximum atomic E-state index is 13.5. The Morgan fingerprint density at radius 1 is 1.23 bits per heavy atom. The predicted molar refractivity (Wildman–Crippen MR) is 118 cm³/mol. The second kappa shape index (κ2) is 7.18. The van der Waals surface area contributed by atoms with Gasteiger partial charge < -0.3 is 9.52 Å². The van der Waals surface area contributed by atoms with Gasteiger partial charge in [0.25, 0.3) is 5.91 Å². The summed E-state index contributed by atoms with van der Waals surface area (Å²) < 4.78 is 5.94. The Morgan fingerprint density at radius 3 is 2.74 bits per heavy atom. The SMILES string of the molecule is CCc1nnc(N2C(=O)c3oc4cc(C)c(Cl)cc4c(=O)c3C2c2cccc(O)c2)s1. The van der Waals surface area contributed by atoms with Gasteiger partial charge in [-0.2, -0.15) is 0 Å². The van der Waals surface area contributed by atoms with Gasteiger partial charge in [-0.15, -0.1) is 10.2 Å². The molecule has 0 fully saturated rings. The van der Waals surface area contributed by atoms with Gasteiger partial charge in [-0.05, 0) is 48.7 Å². The number of phenols is 1. The van der Waals surface area contributed by atoms with Crippen molar-refractivity contribution in [1.29, 1.82) is 0 Å². The van der Waals surface area contributed by atoms with Crippen LogP contribution in [0, 0.1) is 6.92 Å². The van der Waals surface area contributed by atoms with Crippen molar-refractivity contribution < 1.29 is 14.3 Å². The molecule has 1 aliphatic rings. The summed E-state index contributed by atoms with van der Waals surface area (Å²) in [7, 11) is 0. The molecule has 0 saturated heterocycles. The Morgan fingerprint density at radius 2 is 2.03 bits per heavy atom. The van der Waals surface area contributed by atoms with E-state index in [-0.39, 0.29) is 22.5 Å². The van der Waals surface area contributed by atoms with Gasteiger partial charge in [0.1, 0.15) is 16.3 Å². The van der Waals surface area contributed by atoms with Gasteiger partial charge in [-0.1, -0.05) is 42.0 Å². The van der Waals surface area contributed by atoms with Crippen molar-refractivity contribution in [2.75, 3.05) is 4.90 Å². The minimum Gasteiger partial charge on any atom is -0.508 e. The highest BCUT2D eigenvalue weighted by molar-refractivity contribution is 7.15. The van der Waals surface area contributed by atoms with E-state index in [0.29, 0.717) is 33.1 Å². The summed E-state index contributed by atoms with van der Waals surface area (Å²) in [6, 6.07) is 8.85. The Balaban J connectivity index is 1.82. The van der Waals surface area contributed by atoms with E-state index in [1.54, 1.807) is 31.2 Å². The van der Waals surface area contributed by atoms with Gasteiger partial charge in [-0.3, -0.25) is 14.5 Å². The molecule has 0 bridgehead atoms. The van der Waals surface area contributed by atoms with Crippen LogP contribution < -0.4 is 10.3 Å². The number of fused-ring (bicyclic) bond motifs is 2. The highest BCUT2D eigenvalue weighted by Crippen LogP contribution is 2.43. The van der Waals surface area contributed by atoms with Gasteiger partial charge in [0.05, 0.1) is 17.0 Å². The Labute approximate surface area is 185 Å². The van der Waals surface area contributed by atoms with Crippen LogP contribution in [0.4, 0.5) is 5.13 Å². The molecule has 7 nitrogen and oxygen atoms in total. The average Bonchev–Trinajstić information content (AvgIpc) is 3.32. The first-order valence-electron chi connectivity index (χ1n) is 9.60. The Kier molecular flexibility index (Phi) is 4.56. The minimum absolute atomic E-state index is 0.0220. The zero-order valence-corrected chi connectivity index (χ0v) is 18.1. The first-order valence-corrected chi connectivity index (χ1v) is 10.8. The van der Waals surface area contributed by atoms with E-state index >= 15 is 0 Å². The second-order valence-corrected chi connectivity index (χ2v) is 8.72. The Bertz CT molecular complexity index is 1430. The van der Waals surface area contributed by atoms with Gasteiger partial charge in [-0.25, -0.2) is 0 Å². The molecule has 1 amide bonds. The van der Waals surface area contributed by atoms with Crippen molar-refractivity contribution in [2.45, 2.75) is 26.3 Å². The molecule has 0 radical (unpaired) electrons. The van der Waals surface area contributed by atoms with Crippen LogP contribution in [0.1, 0.15) is 45.2 Å². The first-order chi connectivity index (χ1) is 14.9. The van der Waals surface area contributed by atoms with Crippen molar-refractivity contribution in [3.63, 3.8) is 0 Å². The number of carbonyl (C=O) groups is 1. The quantitative estimate of drug-likeness (QED) is 0.486. The number of aromatic hydroxyl groups is 1. The lowest BCUT2D eigenvalue weighted by molar-refractivity contribution is 0.0970. The molecule has 9 heteroatoms. The number of halogens is 1. The Hall–Kier alpha value is -3.23. The molecule has 0 spiro atoms. The number of rotatable bonds is 3. The number of amides is 1. The molecule has 156 valence electrons. The molecule has 2 aromatic carbocycles. The van der Waals surface area contributed by atoms with E-state index in [0.717, 1.165) is 10.6 Å². The maximum absolute atomic E-state index is 13.5. The number of hydrogen-bond donors (Lipinski definition) is 1. The highest BCUT2D eigenvalue weighted by Gasteiger charge is 2.45. The maximum Gasteiger partial charge on any atom is 0.297 e. The highest BCUT2D eigenvalue weighted by atomic mass is 35.5. The summed E-state index contributed by atoms with van der Waals surface area (Å²) in [5, 5.41) is 20.2. The molecule has 2 aromatic heterocycles. The molecule has 1 aliphatic heterocycles. The van der Waals surface area contributed by atoms with Crippen LogP contribution in [0.25, 0.3) is 11.0 Å². The molecular formula is C22H16ClN3O4S. The molecule has 3 heterocycles. The van der Waals surface area contributed by atoms with Crippen molar-refractivity contribution in [3.05, 3.63) is 79.1 Å². The number of carbonyl (C=O) groups excluding carboxylic acids is 1. The number of aromatic nitrogens is 2. The van der Waals surface area contributed by atoms with E-state index in [1.807, 2.05) is 6.92 Å². The van der Waals surface area contributed by atoms with Crippen LogP contribution in [0.2, 0.25) is 5.02 Å². The fourth-order valence-electron chi connectivity index (χ4n) is 3.79. The molecule has 1 N–H and O–H groups in total. The lowest BCUT2D eigenvalue weighted by Gasteiger charge is -2.22. The van der Waals surface area contributed by atoms with E-state index in [2.05, 4.69) is 10.2 Å². The number of hydrogen-bond acceptors (Lipinski definition) is 7. The lowest BCUT2D eigenvalue weighted by Crippen LogP contribution is -2.29. The topological polar surface area (TPSA) is 96.5 Å². The molecule has 31 heavy (non-hydrogen) atoms. The average molecular weight is 454 g/mol. The van der Waals surface area contributed by atoms with Gasteiger partial charge >= 0.3 is 0 Å². The predicted octanol–water partition coefficient (Wildman–Crippen LogP) is 4.62. The molecule has 4 aromatic rings. The van der Waals surface area contributed by atoms with Crippen molar-refractivity contribution in [1.82, 2.24) is 10.2 Å². The van der Waals surface area contributed by atoms with Crippen LogP contribution in [-0.4, -0.2) is 21.2 Å². The van der Waals surface area contributed by atoms with Crippen LogP contribution in [0.3, 0.4) is 0 Å². The van der Waals surface area contributed by atoms with Crippen molar-refractivity contribution in [2.24, 2.45) is 0 Å². The van der Waals surface area contributed by atoms with Gasteiger partial charge in [0, 0.05) is 5.02 Å². The summed E-state index contributed by atoms with van der Waals surface area (Å²) >= 11 is 7.53. The van der Waals surface area contributed by atoms with Gasteiger partial charge in [0.15, 0.2) is 5.43 Å². The third-order valence-corrected chi connectivity index (χ3v) is 6.78. The third kappa shape index (κ3) is 3.02. The van der Waals surface area contributed by atoms with Gasteiger partial charge in [0.2, 0.25) is 10.9 Å². The number of phenolic OH excluding ortho intramolecular Hbond substituents is 1. The summed E-state index contributed by atoms with van der Waals surface area (Å²) in [5.41, 5.74) is 1.44. The van der Waals surface area contributed by atoms with E-state index in [1.165, 1.54) is 28.4 Å². The smallest absolute Gasteiger partial charge is 0.297 e. The zero-order valence-electron chi connectivity index (χ0n) is 16.5. The fourth-order valence-corrected chi connectivity index (χ4v) is 4.75. The second-order valence-electron chi connectivity index (χ2n) is 7.28. The normalized spacial score (nSPS) is 15.6. The number of aryl methyl sites for hydroxylation is 2. The van der Waals surface area contributed by atoms with Crippen LogP contribution >= 0.6 is 22.9 Å². The minimum atomic E-state index is -0.812. The summed E-state index contributed by atoms with van der Waals surface area (Å²) in [6.07, 6.45) is 0.669. The largest absolute Gasteiger partial charge is 0.508 e. The fraction of sp³-hybridized carbons (Fsp3) is 0.182. The van der Waals surface area contributed by atoms with Crippen LogP contribution in [0.5, 0.6) is 5.75 Å². The third-order valence-electron chi connectivity index (χ3n) is 5.30. The monoisotopic (exact) mass is 453 g/mol. The van der Waals surface area contributed by atoms with E-state index < -0.39 is 11.9 Å². The summed E-state index contributed by atoms with van der Waals surface area (Å²) in [5.74, 6) is -0.497. The lowest BCUT2D eigenvalue weighted by atomic mass is 9.98. The molecule has 1 atom stereocenters. The zero-order chi connectivity index (χ0) is 21.9. The number of nitrogens with zero attached hydrogens (tertiary/aromatic N) is 3.